The SMILES string of the molecule is CNC(=O)[C@H](Cc1ccccc1)N(Cc1cccc(Cl)c1)C(=O)CN(c1cccc(C(F)(F)F)c1)S(=O)(=O)c1ccccc1. The molecule has 0 fully saturated rings. The normalized spacial score (nSPS) is 12.3. The number of sulfonamides is 1. The molecule has 0 aliphatic rings. The highest BCUT2D eigenvalue weighted by Crippen LogP contribution is 2.33. The van der Waals surface area contributed by atoms with E-state index < -0.39 is 46.2 Å². The van der Waals surface area contributed by atoms with E-state index >= 15 is 0 Å². The summed E-state index contributed by atoms with van der Waals surface area (Å²) in [4.78, 5) is 28.5. The minimum absolute atomic E-state index is 0.0851. The monoisotopic (exact) mass is 643 g/mol. The summed E-state index contributed by atoms with van der Waals surface area (Å²) < 4.78 is 69.4. The van der Waals surface area contributed by atoms with Gasteiger partial charge < -0.3 is 10.2 Å². The van der Waals surface area contributed by atoms with Gasteiger partial charge in [0.2, 0.25) is 11.8 Å². The number of rotatable bonds is 11. The summed E-state index contributed by atoms with van der Waals surface area (Å²) >= 11 is 6.19. The number of halogens is 4. The first-order chi connectivity index (χ1) is 20.9. The summed E-state index contributed by atoms with van der Waals surface area (Å²) in [6.45, 7) is -1.02. The highest BCUT2D eigenvalue weighted by atomic mass is 35.5. The van der Waals surface area contributed by atoms with Gasteiger partial charge in [0.15, 0.2) is 0 Å². The van der Waals surface area contributed by atoms with Gasteiger partial charge in [-0.05, 0) is 53.6 Å². The van der Waals surface area contributed by atoms with E-state index in [-0.39, 0.29) is 23.5 Å². The van der Waals surface area contributed by atoms with Crippen molar-refractivity contribution in [3.63, 3.8) is 0 Å². The Morgan fingerprint density at radius 3 is 2.07 bits per heavy atom. The number of alkyl halides is 3. The van der Waals surface area contributed by atoms with Crippen LogP contribution in [0.4, 0.5) is 18.9 Å². The predicted octanol–water partition coefficient (Wildman–Crippen LogP) is 5.94. The van der Waals surface area contributed by atoms with E-state index in [0.717, 1.165) is 17.7 Å². The second-order valence-corrected chi connectivity index (χ2v) is 12.1. The Kier molecular flexibility index (Phi) is 10.3. The van der Waals surface area contributed by atoms with Gasteiger partial charge in [-0.3, -0.25) is 13.9 Å². The zero-order valence-corrected chi connectivity index (χ0v) is 25.1. The number of likely N-dealkylation sites (N-methyl/N-ethyl adjacent to an activating group) is 1. The van der Waals surface area contributed by atoms with Crippen LogP contribution in [0.3, 0.4) is 0 Å². The van der Waals surface area contributed by atoms with Crippen molar-refractivity contribution >= 4 is 39.1 Å². The maximum Gasteiger partial charge on any atom is 0.416 e. The molecule has 0 bridgehead atoms. The van der Waals surface area contributed by atoms with Crippen molar-refractivity contribution in [2.45, 2.75) is 30.1 Å². The van der Waals surface area contributed by atoms with Gasteiger partial charge in [-0.25, -0.2) is 8.42 Å². The first-order valence-corrected chi connectivity index (χ1v) is 15.3. The quantitative estimate of drug-likeness (QED) is 0.219. The van der Waals surface area contributed by atoms with E-state index in [1.54, 1.807) is 60.7 Å². The Morgan fingerprint density at radius 1 is 0.841 bits per heavy atom. The number of nitrogens with zero attached hydrogens (tertiary/aromatic N) is 2. The molecule has 0 aliphatic heterocycles. The average molecular weight is 644 g/mol. The minimum atomic E-state index is -4.76. The highest BCUT2D eigenvalue weighted by Gasteiger charge is 2.36. The Balaban J connectivity index is 1.82. The van der Waals surface area contributed by atoms with Crippen LogP contribution in [0.25, 0.3) is 0 Å². The summed E-state index contributed by atoms with van der Waals surface area (Å²) in [6.07, 6.45) is -4.68. The molecule has 0 unspecified atom stereocenters. The molecule has 1 atom stereocenters. The van der Waals surface area contributed by atoms with Crippen molar-refractivity contribution in [2.75, 3.05) is 17.9 Å². The van der Waals surface area contributed by atoms with Gasteiger partial charge in [-0.15, -0.1) is 0 Å². The zero-order valence-electron chi connectivity index (χ0n) is 23.5. The Morgan fingerprint density at radius 2 is 1.45 bits per heavy atom. The predicted molar refractivity (Wildman–Crippen MR) is 162 cm³/mol. The van der Waals surface area contributed by atoms with Gasteiger partial charge >= 0.3 is 6.18 Å². The summed E-state index contributed by atoms with van der Waals surface area (Å²) in [5.74, 6) is -1.33. The number of benzene rings is 4. The van der Waals surface area contributed by atoms with Crippen molar-refractivity contribution in [1.29, 1.82) is 0 Å². The fraction of sp³-hybridized carbons (Fsp3) is 0.188. The van der Waals surface area contributed by atoms with E-state index in [9.17, 15) is 31.2 Å². The molecule has 0 spiro atoms. The second-order valence-electron chi connectivity index (χ2n) is 9.84. The first kappa shape index (κ1) is 32.6. The standard InChI is InChI=1S/C32H29ClF3N3O4S/c1-37-31(41)29(19-23-10-4-2-5-11-23)38(21-24-12-8-14-26(33)18-24)30(40)22-39(44(42,43)28-16-6-3-7-17-28)27-15-9-13-25(20-27)32(34,35)36/h2-18,20,29H,19,21-22H2,1H3,(H,37,41)/t29-/m0/s1. The number of amides is 2. The molecule has 0 saturated carbocycles. The molecule has 44 heavy (non-hydrogen) atoms. The van der Waals surface area contributed by atoms with Crippen molar-refractivity contribution < 1.29 is 31.2 Å². The molecule has 4 aromatic rings. The van der Waals surface area contributed by atoms with E-state index in [1.165, 1.54) is 42.3 Å². The van der Waals surface area contributed by atoms with Gasteiger partial charge in [0, 0.05) is 25.0 Å². The molecule has 7 nitrogen and oxygen atoms in total. The Bertz CT molecular complexity index is 1700. The molecule has 1 N–H and O–H groups in total. The van der Waals surface area contributed by atoms with Crippen molar-refractivity contribution in [3.05, 3.63) is 131 Å². The van der Waals surface area contributed by atoms with Crippen LogP contribution in [-0.2, 0) is 38.8 Å². The molecule has 0 heterocycles. The van der Waals surface area contributed by atoms with Crippen LogP contribution in [-0.4, -0.2) is 44.8 Å². The lowest BCUT2D eigenvalue weighted by atomic mass is 10.0. The van der Waals surface area contributed by atoms with Gasteiger partial charge in [-0.2, -0.15) is 13.2 Å². The van der Waals surface area contributed by atoms with Crippen LogP contribution in [0.1, 0.15) is 16.7 Å². The molecule has 2 amide bonds. The maximum absolute atomic E-state index is 14.2. The lowest BCUT2D eigenvalue weighted by Gasteiger charge is -2.33. The lowest BCUT2D eigenvalue weighted by molar-refractivity contribution is -0.139. The van der Waals surface area contributed by atoms with E-state index in [2.05, 4.69) is 5.32 Å². The lowest BCUT2D eigenvalue weighted by Crippen LogP contribution is -2.53. The molecule has 4 rings (SSSR count). The molecule has 4 aromatic carbocycles. The minimum Gasteiger partial charge on any atom is -0.357 e. The van der Waals surface area contributed by atoms with Crippen LogP contribution >= 0.6 is 11.6 Å². The van der Waals surface area contributed by atoms with Crippen molar-refractivity contribution in [1.82, 2.24) is 10.2 Å². The third kappa shape index (κ3) is 7.97. The number of hydrogen-bond acceptors (Lipinski definition) is 4. The number of hydrogen-bond donors (Lipinski definition) is 1. The van der Waals surface area contributed by atoms with Crippen LogP contribution in [0.5, 0.6) is 0 Å². The number of nitrogens with one attached hydrogen (secondary N) is 1. The summed E-state index contributed by atoms with van der Waals surface area (Å²) in [5, 5.41) is 2.95. The molecule has 0 radical (unpaired) electrons. The summed E-state index contributed by atoms with van der Waals surface area (Å²) in [6, 6.07) is 25.3. The summed E-state index contributed by atoms with van der Waals surface area (Å²) in [7, 11) is -3.12. The van der Waals surface area contributed by atoms with E-state index in [0.29, 0.717) is 21.0 Å². The number of carbonyl (C=O) groups is 2. The maximum atomic E-state index is 14.2. The highest BCUT2D eigenvalue weighted by molar-refractivity contribution is 7.92. The fourth-order valence-electron chi connectivity index (χ4n) is 4.64. The molecule has 0 aromatic heterocycles. The van der Waals surface area contributed by atoms with Crippen molar-refractivity contribution in [2.24, 2.45) is 0 Å². The third-order valence-corrected chi connectivity index (χ3v) is 8.85. The molecule has 12 heteroatoms. The van der Waals surface area contributed by atoms with Gasteiger partial charge in [-0.1, -0.05) is 78.3 Å². The fourth-order valence-corrected chi connectivity index (χ4v) is 6.28. The molecule has 230 valence electrons. The van der Waals surface area contributed by atoms with E-state index in [4.69, 9.17) is 11.6 Å². The molecular weight excluding hydrogens is 615 g/mol. The second kappa shape index (κ2) is 14.0. The summed E-state index contributed by atoms with van der Waals surface area (Å²) in [5.41, 5.74) is -0.154. The first-order valence-electron chi connectivity index (χ1n) is 13.4. The van der Waals surface area contributed by atoms with Crippen LogP contribution < -0.4 is 9.62 Å². The zero-order chi connectivity index (χ0) is 31.9. The average Bonchev–Trinajstić information content (AvgIpc) is 3.01. The molecule has 0 saturated heterocycles. The van der Waals surface area contributed by atoms with Gasteiger partial charge in [0.05, 0.1) is 16.1 Å². The number of anilines is 1. The van der Waals surface area contributed by atoms with Gasteiger partial charge in [0.1, 0.15) is 12.6 Å². The molecule has 0 aliphatic carbocycles. The Labute approximate surface area is 258 Å². The van der Waals surface area contributed by atoms with Crippen LogP contribution in [0.2, 0.25) is 5.02 Å². The van der Waals surface area contributed by atoms with Crippen LogP contribution in [0, 0.1) is 0 Å². The third-order valence-electron chi connectivity index (χ3n) is 6.83. The smallest absolute Gasteiger partial charge is 0.357 e. The number of carbonyl (C=O) groups excluding carboxylic acids is 2. The van der Waals surface area contributed by atoms with Gasteiger partial charge in [0.25, 0.3) is 10.0 Å². The molecular formula is C32H29ClF3N3O4S. The van der Waals surface area contributed by atoms with Crippen molar-refractivity contribution in [3.8, 4) is 0 Å². The van der Waals surface area contributed by atoms with Crippen LogP contribution in [0.15, 0.2) is 114 Å². The van der Waals surface area contributed by atoms with E-state index in [1.807, 2.05) is 0 Å². The Hall–Kier alpha value is -4.35. The topological polar surface area (TPSA) is 86.8 Å². The largest absolute Gasteiger partial charge is 0.416 e.